The molecule has 1 fully saturated rings. The minimum Gasteiger partial charge on any atom is -0.447 e. The van der Waals surface area contributed by atoms with Gasteiger partial charge in [-0.2, -0.15) is 0 Å². The fraction of sp³-hybridized carbons (Fsp3) is 0.533. The average molecular weight is 417 g/mol. The summed E-state index contributed by atoms with van der Waals surface area (Å²) in [5.41, 5.74) is -1.52. The second-order valence-electron chi connectivity index (χ2n) is 5.75. The minimum absolute atomic E-state index is 0.0794. The predicted octanol–water partition coefficient (Wildman–Crippen LogP) is -1.26. The summed E-state index contributed by atoms with van der Waals surface area (Å²) in [5.74, 6) is 2.18. The first-order chi connectivity index (χ1) is 13.2. The molecular weight excluding hydrogens is 397 g/mol. The summed E-state index contributed by atoms with van der Waals surface area (Å²) in [6.07, 6.45) is -0.501. The van der Waals surface area contributed by atoms with Crippen LogP contribution < -0.4 is 16.6 Å². The van der Waals surface area contributed by atoms with Gasteiger partial charge in [0.1, 0.15) is 24.9 Å². The molecule has 0 aromatic carbocycles. The van der Waals surface area contributed by atoms with Crippen molar-refractivity contribution in [2.45, 2.75) is 31.5 Å². The molecule has 28 heavy (non-hydrogen) atoms. The number of hydrogen-bond donors (Lipinski definition) is 4. The van der Waals surface area contributed by atoms with Gasteiger partial charge in [0.15, 0.2) is 6.23 Å². The van der Waals surface area contributed by atoms with E-state index in [2.05, 4.69) is 11.2 Å². The van der Waals surface area contributed by atoms with Crippen molar-refractivity contribution in [3.63, 3.8) is 0 Å². The maximum atomic E-state index is 12.0. The van der Waals surface area contributed by atoms with Gasteiger partial charge in [-0.15, -0.1) is 6.42 Å². The summed E-state index contributed by atoms with van der Waals surface area (Å²) in [6.45, 7) is 0.867. The third-order valence-corrected chi connectivity index (χ3v) is 5.21. The van der Waals surface area contributed by atoms with Gasteiger partial charge >= 0.3 is 19.4 Å². The largest absolute Gasteiger partial charge is 0.447 e. The Hall–Kier alpha value is -2.42. The molecule has 1 aliphatic heterocycles. The Labute approximate surface area is 159 Å². The number of ether oxygens (including phenoxy) is 2. The lowest BCUT2D eigenvalue weighted by Gasteiger charge is -2.23. The SMILES string of the molecule is C#CCNC(=O)OC[C@H]1O[C@@H](n2ccc(=O)[nH]c2=O)[C@@H](O)C1OP(=O)(O)CC. The molecule has 1 aromatic heterocycles. The fourth-order valence-electron chi connectivity index (χ4n) is 2.44. The van der Waals surface area contributed by atoms with Crippen molar-refractivity contribution in [3.05, 3.63) is 33.1 Å². The lowest BCUT2D eigenvalue weighted by molar-refractivity contribution is -0.0564. The third-order valence-electron chi connectivity index (χ3n) is 3.83. The maximum Gasteiger partial charge on any atom is 0.407 e. The van der Waals surface area contributed by atoms with Gasteiger partial charge in [0.25, 0.3) is 5.56 Å². The number of rotatable bonds is 7. The highest BCUT2D eigenvalue weighted by molar-refractivity contribution is 7.52. The second kappa shape index (κ2) is 9.18. The van der Waals surface area contributed by atoms with Gasteiger partial charge in [0, 0.05) is 18.4 Å². The summed E-state index contributed by atoms with van der Waals surface area (Å²) in [4.78, 5) is 46.5. The summed E-state index contributed by atoms with van der Waals surface area (Å²) >= 11 is 0. The van der Waals surface area contributed by atoms with E-state index < -0.39 is 56.1 Å². The van der Waals surface area contributed by atoms with Crippen molar-refractivity contribution >= 4 is 13.7 Å². The van der Waals surface area contributed by atoms with Gasteiger partial charge in [-0.1, -0.05) is 12.8 Å². The molecule has 0 aliphatic carbocycles. The topological polar surface area (TPSA) is 169 Å². The zero-order chi connectivity index (χ0) is 20.9. The molecule has 0 saturated carbocycles. The van der Waals surface area contributed by atoms with E-state index in [9.17, 15) is 28.9 Å². The number of nitrogens with one attached hydrogen (secondary N) is 2. The number of H-pyrrole nitrogens is 1. The van der Waals surface area contributed by atoms with Crippen molar-refractivity contribution in [2.24, 2.45) is 0 Å². The Bertz CT molecular complexity index is 905. The van der Waals surface area contributed by atoms with Gasteiger partial charge in [0.05, 0.1) is 6.54 Å². The monoisotopic (exact) mass is 417 g/mol. The van der Waals surface area contributed by atoms with Gasteiger partial charge in [0.2, 0.25) is 0 Å². The van der Waals surface area contributed by atoms with Crippen molar-refractivity contribution in [1.29, 1.82) is 0 Å². The molecule has 1 amide bonds. The number of alkyl carbamates (subject to hydrolysis) is 1. The zero-order valence-corrected chi connectivity index (χ0v) is 15.7. The van der Waals surface area contributed by atoms with E-state index in [1.807, 2.05) is 4.98 Å². The van der Waals surface area contributed by atoms with E-state index in [1.165, 1.54) is 6.92 Å². The number of aliphatic hydroxyl groups excluding tert-OH is 1. The number of aliphatic hydroxyl groups is 1. The molecule has 2 rings (SSSR count). The number of hydrogen-bond acceptors (Lipinski definition) is 8. The second-order valence-corrected chi connectivity index (χ2v) is 7.87. The number of amides is 1. The first kappa shape index (κ1) is 21.9. The van der Waals surface area contributed by atoms with E-state index in [1.54, 1.807) is 0 Å². The van der Waals surface area contributed by atoms with Crippen LogP contribution in [0.4, 0.5) is 4.79 Å². The Morgan fingerprint density at radius 1 is 1.54 bits per heavy atom. The highest BCUT2D eigenvalue weighted by Gasteiger charge is 2.48. The van der Waals surface area contributed by atoms with Crippen LogP contribution in [0.2, 0.25) is 0 Å². The molecule has 1 aliphatic rings. The van der Waals surface area contributed by atoms with Gasteiger partial charge in [-0.25, -0.2) is 9.59 Å². The normalized spacial score (nSPS) is 26.2. The Balaban J connectivity index is 2.23. The van der Waals surface area contributed by atoms with Crippen LogP contribution in [0.3, 0.4) is 0 Å². The summed E-state index contributed by atoms with van der Waals surface area (Å²) in [5, 5.41) is 12.8. The van der Waals surface area contributed by atoms with Crippen LogP contribution >= 0.6 is 7.60 Å². The lowest BCUT2D eigenvalue weighted by atomic mass is 10.1. The van der Waals surface area contributed by atoms with Crippen LogP contribution in [0.5, 0.6) is 0 Å². The first-order valence-electron chi connectivity index (χ1n) is 8.18. The Morgan fingerprint density at radius 3 is 2.86 bits per heavy atom. The molecule has 13 heteroatoms. The molecule has 154 valence electrons. The molecule has 5 atom stereocenters. The molecule has 2 heterocycles. The number of aromatic amines is 1. The number of aromatic nitrogens is 2. The first-order valence-corrected chi connectivity index (χ1v) is 9.94. The van der Waals surface area contributed by atoms with Gasteiger partial charge < -0.3 is 24.8 Å². The van der Waals surface area contributed by atoms with Crippen LogP contribution in [0.25, 0.3) is 0 Å². The van der Waals surface area contributed by atoms with Crippen LogP contribution in [0, 0.1) is 12.3 Å². The highest BCUT2D eigenvalue weighted by Crippen LogP contribution is 2.46. The molecular formula is C15H20N3O9P. The van der Waals surface area contributed by atoms with Crippen molar-refractivity contribution < 1.29 is 33.4 Å². The van der Waals surface area contributed by atoms with Crippen molar-refractivity contribution in [3.8, 4) is 12.3 Å². The molecule has 12 nitrogen and oxygen atoms in total. The van der Waals surface area contributed by atoms with E-state index >= 15 is 0 Å². The van der Waals surface area contributed by atoms with E-state index in [4.69, 9.17) is 20.4 Å². The Morgan fingerprint density at radius 2 is 2.25 bits per heavy atom. The minimum atomic E-state index is -4.07. The van der Waals surface area contributed by atoms with Crippen molar-refractivity contribution in [1.82, 2.24) is 14.9 Å². The standard InChI is InChI=1S/C15H20N3O9P/c1-3-6-16-15(22)25-8-9-12(27-28(23,24)4-2)11(20)13(26-9)18-7-5-10(19)17-14(18)21/h1,5,7,9,11-13,20H,4,6,8H2,2H3,(H,16,22)(H,23,24)(H,17,19,21)/t9-,11+,12?,13-/m1/s1. The van der Waals surface area contributed by atoms with Crippen molar-refractivity contribution in [2.75, 3.05) is 19.3 Å². The zero-order valence-electron chi connectivity index (χ0n) is 14.8. The quantitative estimate of drug-likeness (QED) is 0.313. The number of terminal acetylenes is 1. The maximum absolute atomic E-state index is 12.0. The third kappa shape index (κ3) is 5.31. The predicted molar refractivity (Wildman–Crippen MR) is 94.7 cm³/mol. The van der Waals surface area contributed by atoms with Crippen LogP contribution in [0.1, 0.15) is 13.2 Å². The number of carbonyl (C=O) groups excluding carboxylic acids is 1. The molecule has 4 N–H and O–H groups in total. The molecule has 0 radical (unpaired) electrons. The van der Waals surface area contributed by atoms with Crippen LogP contribution in [0.15, 0.2) is 21.9 Å². The molecule has 2 unspecified atom stereocenters. The smallest absolute Gasteiger partial charge is 0.407 e. The number of nitrogens with zero attached hydrogens (tertiary/aromatic N) is 1. The Kier molecular flexibility index (Phi) is 7.17. The fourth-order valence-corrected chi connectivity index (χ4v) is 3.23. The van der Waals surface area contributed by atoms with Gasteiger partial charge in [-0.05, 0) is 0 Å². The molecule has 1 saturated heterocycles. The van der Waals surface area contributed by atoms with Crippen LogP contribution in [-0.4, -0.2) is 63.3 Å². The highest BCUT2D eigenvalue weighted by atomic mass is 31.2. The van der Waals surface area contributed by atoms with Crippen LogP contribution in [-0.2, 0) is 18.6 Å². The van der Waals surface area contributed by atoms with E-state index in [0.29, 0.717) is 0 Å². The molecule has 1 aromatic rings. The molecule has 0 bridgehead atoms. The summed E-state index contributed by atoms with van der Waals surface area (Å²) < 4.78 is 28.4. The number of carbonyl (C=O) groups is 1. The average Bonchev–Trinajstić information content (AvgIpc) is 2.93. The summed E-state index contributed by atoms with van der Waals surface area (Å²) in [6, 6.07) is 1.04. The molecule has 0 spiro atoms. The lowest BCUT2D eigenvalue weighted by Crippen LogP contribution is -2.39. The van der Waals surface area contributed by atoms with Gasteiger partial charge in [-0.3, -0.25) is 23.4 Å². The van der Waals surface area contributed by atoms with E-state index in [0.717, 1.165) is 16.8 Å². The van der Waals surface area contributed by atoms with E-state index in [-0.39, 0.29) is 12.7 Å². The summed E-state index contributed by atoms with van der Waals surface area (Å²) in [7, 11) is -4.07.